The first-order chi connectivity index (χ1) is 9.16. The number of carbonyl (C=O) groups is 1. The van der Waals surface area contributed by atoms with Crippen molar-refractivity contribution in [3.8, 4) is 5.75 Å². The maximum Gasteiger partial charge on any atom is 0.223 e. The van der Waals surface area contributed by atoms with Crippen molar-refractivity contribution in [1.82, 2.24) is 5.32 Å². The molecule has 4 heteroatoms. The van der Waals surface area contributed by atoms with Crippen LogP contribution in [-0.2, 0) is 4.79 Å². The molecular formula is C15H20ClNO2. The second-order valence-electron chi connectivity index (χ2n) is 5.03. The van der Waals surface area contributed by atoms with E-state index in [2.05, 4.69) is 5.32 Å². The normalized spacial score (nSPS) is 15.5. The minimum Gasteiger partial charge on any atom is -0.492 e. The van der Waals surface area contributed by atoms with Gasteiger partial charge in [-0.05, 0) is 37.5 Å². The van der Waals surface area contributed by atoms with E-state index in [1.807, 2.05) is 19.1 Å². The van der Waals surface area contributed by atoms with Crippen molar-refractivity contribution < 1.29 is 9.53 Å². The molecule has 1 N–H and O–H groups in total. The topological polar surface area (TPSA) is 38.3 Å². The Hall–Kier alpha value is -1.22. The molecule has 0 saturated heterocycles. The fourth-order valence-electron chi connectivity index (χ4n) is 2.34. The van der Waals surface area contributed by atoms with E-state index >= 15 is 0 Å². The number of benzene rings is 1. The number of amides is 1. The maximum absolute atomic E-state index is 11.8. The highest BCUT2D eigenvalue weighted by Gasteiger charge is 2.21. The molecule has 0 unspecified atom stereocenters. The molecule has 0 heterocycles. The van der Waals surface area contributed by atoms with Gasteiger partial charge < -0.3 is 10.1 Å². The van der Waals surface area contributed by atoms with Gasteiger partial charge in [-0.25, -0.2) is 0 Å². The van der Waals surface area contributed by atoms with Gasteiger partial charge in [-0.2, -0.15) is 0 Å². The number of aryl methyl sites for hydroxylation is 1. The van der Waals surface area contributed by atoms with Gasteiger partial charge in [-0.1, -0.05) is 30.5 Å². The first-order valence-corrected chi connectivity index (χ1v) is 7.21. The minimum absolute atomic E-state index is 0.169. The molecule has 1 aromatic carbocycles. The van der Waals surface area contributed by atoms with Gasteiger partial charge in [-0.15, -0.1) is 0 Å². The van der Waals surface area contributed by atoms with E-state index in [1.165, 1.54) is 12.8 Å². The molecule has 19 heavy (non-hydrogen) atoms. The Morgan fingerprint density at radius 2 is 2.16 bits per heavy atom. The lowest BCUT2D eigenvalue weighted by molar-refractivity contribution is -0.124. The molecule has 0 aromatic heterocycles. The lowest BCUT2D eigenvalue weighted by Crippen LogP contribution is -2.32. The maximum atomic E-state index is 11.8. The van der Waals surface area contributed by atoms with Crippen LogP contribution in [0.25, 0.3) is 0 Å². The van der Waals surface area contributed by atoms with Crippen LogP contribution >= 0.6 is 11.6 Å². The fraction of sp³-hybridized carbons (Fsp3) is 0.533. The molecule has 1 aliphatic carbocycles. The Kier molecular flexibility index (Phi) is 5.08. The van der Waals surface area contributed by atoms with Crippen molar-refractivity contribution in [2.75, 3.05) is 13.2 Å². The molecule has 104 valence electrons. The van der Waals surface area contributed by atoms with Gasteiger partial charge in [0.2, 0.25) is 5.91 Å². The van der Waals surface area contributed by atoms with Crippen molar-refractivity contribution >= 4 is 17.5 Å². The van der Waals surface area contributed by atoms with Crippen LogP contribution in [0.2, 0.25) is 5.02 Å². The summed E-state index contributed by atoms with van der Waals surface area (Å²) in [7, 11) is 0. The molecule has 0 spiro atoms. The molecular weight excluding hydrogens is 262 g/mol. The van der Waals surface area contributed by atoms with Crippen LogP contribution in [0.3, 0.4) is 0 Å². The summed E-state index contributed by atoms with van der Waals surface area (Å²) in [6.45, 7) is 2.96. The van der Waals surface area contributed by atoms with E-state index in [4.69, 9.17) is 16.3 Å². The summed E-state index contributed by atoms with van der Waals surface area (Å²) in [4.78, 5) is 11.8. The Morgan fingerprint density at radius 1 is 1.42 bits per heavy atom. The molecule has 0 aliphatic heterocycles. The van der Waals surface area contributed by atoms with Crippen LogP contribution in [-0.4, -0.2) is 19.1 Å². The SMILES string of the molecule is Cc1ccc(OCCNC(=O)C2CCCC2)cc1Cl. The minimum atomic E-state index is 0.169. The zero-order valence-corrected chi connectivity index (χ0v) is 12.0. The molecule has 1 aromatic rings. The van der Waals surface area contributed by atoms with Crippen molar-refractivity contribution in [2.45, 2.75) is 32.6 Å². The van der Waals surface area contributed by atoms with E-state index in [0.717, 1.165) is 24.2 Å². The zero-order valence-electron chi connectivity index (χ0n) is 11.2. The van der Waals surface area contributed by atoms with Crippen LogP contribution in [0.1, 0.15) is 31.2 Å². The molecule has 1 amide bonds. The predicted molar refractivity (Wildman–Crippen MR) is 76.7 cm³/mol. The van der Waals surface area contributed by atoms with Gasteiger partial charge in [0, 0.05) is 10.9 Å². The van der Waals surface area contributed by atoms with Crippen LogP contribution in [0.4, 0.5) is 0 Å². The van der Waals surface area contributed by atoms with Crippen molar-refractivity contribution in [1.29, 1.82) is 0 Å². The highest BCUT2D eigenvalue weighted by molar-refractivity contribution is 6.31. The molecule has 1 aliphatic rings. The summed E-state index contributed by atoms with van der Waals surface area (Å²) in [5.41, 5.74) is 1.03. The van der Waals surface area contributed by atoms with Crippen LogP contribution in [0, 0.1) is 12.8 Å². The van der Waals surface area contributed by atoms with Gasteiger partial charge in [0.05, 0.1) is 6.54 Å². The van der Waals surface area contributed by atoms with E-state index < -0.39 is 0 Å². The second kappa shape index (κ2) is 6.80. The van der Waals surface area contributed by atoms with E-state index in [9.17, 15) is 4.79 Å². The van der Waals surface area contributed by atoms with Crippen molar-refractivity contribution in [2.24, 2.45) is 5.92 Å². The standard InChI is InChI=1S/C15H20ClNO2/c1-11-6-7-13(10-14(11)16)19-9-8-17-15(18)12-4-2-3-5-12/h6-7,10,12H,2-5,8-9H2,1H3,(H,17,18). The van der Waals surface area contributed by atoms with Gasteiger partial charge in [0.1, 0.15) is 12.4 Å². The number of rotatable bonds is 5. The van der Waals surface area contributed by atoms with Crippen LogP contribution in [0.15, 0.2) is 18.2 Å². The third kappa shape index (κ3) is 4.13. The summed E-state index contributed by atoms with van der Waals surface area (Å²) in [5, 5.41) is 3.63. The first kappa shape index (κ1) is 14.2. The fourth-order valence-corrected chi connectivity index (χ4v) is 2.51. The Balaban J connectivity index is 1.68. The van der Waals surface area contributed by atoms with Crippen LogP contribution in [0.5, 0.6) is 5.75 Å². The third-order valence-electron chi connectivity index (χ3n) is 3.54. The van der Waals surface area contributed by atoms with Crippen molar-refractivity contribution in [3.05, 3.63) is 28.8 Å². The Labute approximate surface area is 119 Å². The van der Waals surface area contributed by atoms with Gasteiger partial charge in [0.15, 0.2) is 0 Å². The smallest absolute Gasteiger partial charge is 0.223 e. The van der Waals surface area contributed by atoms with Crippen LogP contribution < -0.4 is 10.1 Å². The van der Waals surface area contributed by atoms with E-state index in [0.29, 0.717) is 18.2 Å². The predicted octanol–water partition coefficient (Wildman–Crippen LogP) is 3.33. The summed E-state index contributed by atoms with van der Waals surface area (Å²) < 4.78 is 5.56. The highest BCUT2D eigenvalue weighted by atomic mass is 35.5. The number of hydrogen-bond acceptors (Lipinski definition) is 2. The average molecular weight is 282 g/mol. The Bertz CT molecular complexity index is 442. The van der Waals surface area contributed by atoms with Gasteiger partial charge >= 0.3 is 0 Å². The summed E-state index contributed by atoms with van der Waals surface area (Å²) in [6, 6.07) is 5.62. The largest absolute Gasteiger partial charge is 0.492 e. The number of halogens is 1. The molecule has 3 nitrogen and oxygen atoms in total. The molecule has 0 radical (unpaired) electrons. The zero-order chi connectivity index (χ0) is 13.7. The number of hydrogen-bond donors (Lipinski definition) is 1. The second-order valence-corrected chi connectivity index (χ2v) is 5.44. The van der Waals surface area contributed by atoms with Gasteiger partial charge in [0.25, 0.3) is 0 Å². The first-order valence-electron chi connectivity index (χ1n) is 6.83. The molecule has 1 fully saturated rings. The third-order valence-corrected chi connectivity index (χ3v) is 3.95. The molecule has 0 bridgehead atoms. The van der Waals surface area contributed by atoms with E-state index in [1.54, 1.807) is 6.07 Å². The summed E-state index contributed by atoms with van der Waals surface area (Å²) in [6.07, 6.45) is 4.41. The Morgan fingerprint density at radius 3 is 2.84 bits per heavy atom. The number of nitrogens with one attached hydrogen (secondary N) is 1. The number of ether oxygens (including phenoxy) is 1. The van der Waals surface area contributed by atoms with E-state index in [-0.39, 0.29) is 11.8 Å². The lowest BCUT2D eigenvalue weighted by Gasteiger charge is -2.11. The highest BCUT2D eigenvalue weighted by Crippen LogP contribution is 2.24. The quantitative estimate of drug-likeness (QED) is 0.841. The molecule has 0 atom stereocenters. The monoisotopic (exact) mass is 281 g/mol. The van der Waals surface area contributed by atoms with Crippen molar-refractivity contribution in [3.63, 3.8) is 0 Å². The summed E-state index contributed by atoms with van der Waals surface area (Å²) in [5.74, 6) is 1.13. The number of carbonyl (C=O) groups excluding carboxylic acids is 1. The average Bonchev–Trinajstić information content (AvgIpc) is 2.92. The lowest BCUT2D eigenvalue weighted by atomic mass is 10.1. The molecule has 1 saturated carbocycles. The summed E-state index contributed by atoms with van der Waals surface area (Å²) >= 11 is 6.01. The van der Waals surface area contributed by atoms with Gasteiger partial charge in [-0.3, -0.25) is 4.79 Å². The molecule has 2 rings (SSSR count).